The third kappa shape index (κ3) is 6.45. The van der Waals surface area contributed by atoms with Crippen molar-refractivity contribution in [2.45, 2.75) is 43.7 Å². The molecule has 1 aliphatic carbocycles. The minimum Gasteiger partial charge on any atom is -0.466 e. The maximum absolute atomic E-state index is 14.3. The molecule has 3 amide bonds. The largest absolute Gasteiger partial charge is 0.466 e. The fourth-order valence-corrected chi connectivity index (χ4v) is 5.32. The van der Waals surface area contributed by atoms with E-state index in [-0.39, 0.29) is 36.0 Å². The summed E-state index contributed by atoms with van der Waals surface area (Å²) >= 11 is 0. The van der Waals surface area contributed by atoms with E-state index in [1.54, 1.807) is 6.20 Å². The molecule has 2 heterocycles. The summed E-state index contributed by atoms with van der Waals surface area (Å²) in [7, 11) is 2.53. The highest BCUT2D eigenvalue weighted by Gasteiger charge is 2.42. The number of methoxy groups -OCH3 is 2. The Morgan fingerprint density at radius 2 is 1.95 bits per heavy atom. The Kier molecular flexibility index (Phi) is 9.78. The number of hydrogen-bond acceptors (Lipinski definition) is 7. The Bertz CT molecular complexity index is 1240. The van der Waals surface area contributed by atoms with E-state index in [0.717, 1.165) is 60.6 Å². The van der Waals surface area contributed by atoms with Gasteiger partial charge in [0.25, 0.3) is 0 Å². The number of amides is 3. The molecule has 2 aliphatic rings. The van der Waals surface area contributed by atoms with Crippen molar-refractivity contribution in [2.75, 3.05) is 33.9 Å². The molecule has 0 spiro atoms. The van der Waals surface area contributed by atoms with Crippen molar-refractivity contribution in [2.24, 2.45) is 0 Å². The van der Waals surface area contributed by atoms with Crippen LogP contribution in [0.2, 0.25) is 0 Å². The van der Waals surface area contributed by atoms with Crippen molar-refractivity contribution in [1.82, 2.24) is 25.6 Å². The Balaban J connectivity index is 1.52. The summed E-state index contributed by atoms with van der Waals surface area (Å²) < 4.78 is 38.2. The van der Waals surface area contributed by atoms with Crippen molar-refractivity contribution < 1.29 is 32.6 Å². The number of rotatable bonds is 11. The van der Waals surface area contributed by atoms with Gasteiger partial charge in [-0.1, -0.05) is 12.1 Å². The first-order valence-corrected chi connectivity index (χ1v) is 13.1. The molecule has 4 rings (SSSR count). The Morgan fingerprint density at radius 1 is 1.18 bits per heavy atom. The molecule has 1 saturated carbocycles. The molecule has 214 valence electrons. The third-order valence-corrected chi connectivity index (χ3v) is 7.27. The summed E-state index contributed by atoms with van der Waals surface area (Å²) in [6, 6.07) is 7.18. The lowest BCUT2D eigenvalue weighted by Crippen LogP contribution is -2.58. The molecule has 1 aromatic carbocycles. The predicted molar refractivity (Wildman–Crippen MR) is 140 cm³/mol. The molecule has 1 atom stereocenters. The normalized spacial score (nSPS) is 21.1. The fourth-order valence-electron chi connectivity index (χ4n) is 5.32. The molecule has 1 aliphatic heterocycles. The number of ether oxygens (including phenoxy) is 2. The molecule has 0 saturated heterocycles. The molecular weight excluding hydrogens is 524 g/mol. The molecule has 0 radical (unpaired) electrons. The average molecular weight is 558 g/mol. The van der Waals surface area contributed by atoms with Crippen LogP contribution >= 0.6 is 0 Å². The number of carbonyl (C=O) groups excluding carboxylic acids is 3. The number of carbonyl (C=O) groups is 3. The Hall–Kier alpha value is -3.90. The highest BCUT2D eigenvalue weighted by atomic mass is 19.2. The minimum absolute atomic E-state index is 0.0670. The van der Waals surface area contributed by atoms with E-state index in [1.807, 2.05) is 18.2 Å². The van der Waals surface area contributed by atoms with Crippen LogP contribution in [0.3, 0.4) is 0 Å². The summed E-state index contributed by atoms with van der Waals surface area (Å²) in [5.74, 6) is -2.67. The second kappa shape index (κ2) is 13.4. The van der Waals surface area contributed by atoms with Crippen molar-refractivity contribution in [1.29, 1.82) is 0 Å². The van der Waals surface area contributed by atoms with E-state index in [9.17, 15) is 23.2 Å². The van der Waals surface area contributed by atoms with Gasteiger partial charge in [0, 0.05) is 37.5 Å². The quantitative estimate of drug-likeness (QED) is 0.322. The smallest absolute Gasteiger partial charge is 0.341 e. The van der Waals surface area contributed by atoms with Crippen LogP contribution in [0.1, 0.15) is 48.9 Å². The van der Waals surface area contributed by atoms with Gasteiger partial charge in [0.1, 0.15) is 6.04 Å². The van der Waals surface area contributed by atoms with Gasteiger partial charge in [0.05, 0.1) is 31.5 Å². The zero-order chi connectivity index (χ0) is 28.6. The lowest BCUT2D eigenvalue weighted by Gasteiger charge is -2.42. The van der Waals surface area contributed by atoms with Crippen LogP contribution in [0, 0.1) is 11.6 Å². The predicted octanol–water partition coefficient (Wildman–Crippen LogP) is 3.19. The van der Waals surface area contributed by atoms with Crippen LogP contribution in [0.15, 0.2) is 53.9 Å². The van der Waals surface area contributed by atoms with E-state index >= 15 is 0 Å². The van der Waals surface area contributed by atoms with Crippen molar-refractivity contribution in [3.8, 4) is 0 Å². The van der Waals surface area contributed by atoms with E-state index < -0.39 is 29.7 Å². The second-order valence-corrected chi connectivity index (χ2v) is 9.69. The minimum atomic E-state index is -1.28. The van der Waals surface area contributed by atoms with E-state index in [1.165, 1.54) is 13.2 Å². The third-order valence-electron chi connectivity index (χ3n) is 7.27. The summed E-state index contributed by atoms with van der Waals surface area (Å²) in [5.41, 5.74) is 1.20. The first kappa shape index (κ1) is 29.1. The van der Waals surface area contributed by atoms with Gasteiger partial charge in [-0.05, 0) is 55.5 Å². The van der Waals surface area contributed by atoms with Gasteiger partial charge in [-0.15, -0.1) is 0 Å². The first-order valence-electron chi connectivity index (χ1n) is 13.1. The highest BCUT2D eigenvalue weighted by Crippen LogP contribution is 2.36. The standard InChI is InChI=1S/C28H33F2N5O5/c1-39-16-24-25(27(37)40-2)26(19-8-11-21(29)22(30)15-19)35(28(38)33-24)34(17-36)14-13-31-20-9-6-18(7-10-20)23-5-3-4-12-32-23/h3-5,8,11-12,15,17-18,20,26,31H,6-7,9-10,13-14,16H2,1-2H3,(H,33,38). The number of hydrogen-bond donors (Lipinski definition) is 2. The van der Waals surface area contributed by atoms with E-state index in [0.29, 0.717) is 18.9 Å². The van der Waals surface area contributed by atoms with Crippen molar-refractivity contribution in [3.63, 3.8) is 0 Å². The average Bonchev–Trinajstić information content (AvgIpc) is 2.97. The van der Waals surface area contributed by atoms with Crippen molar-refractivity contribution >= 4 is 18.4 Å². The number of urea groups is 1. The molecule has 10 nitrogen and oxygen atoms in total. The topological polar surface area (TPSA) is 113 Å². The zero-order valence-corrected chi connectivity index (χ0v) is 22.4. The van der Waals surface area contributed by atoms with Gasteiger partial charge in [-0.25, -0.2) is 23.4 Å². The van der Waals surface area contributed by atoms with E-state index in [4.69, 9.17) is 9.47 Å². The highest BCUT2D eigenvalue weighted by molar-refractivity contribution is 5.95. The van der Waals surface area contributed by atoms with Gasteiger partial charge < -0.3 is 20.1 Å². The summed E-state index contributed by atoms with van der Waals surface area (Å²) in [5, 5.41) is 8.15. The fraction of sp³-hybridized carbons (Fsp3) is 0.429. The molecule has 2 N–H and O–H groups in total. The summed E-state index contributed by atoms with van der Waals surface area (Å²) in [6.07, 6.45) is 6.08. The lowest BCUT2D eigenvalue weighted by atomic mass is 9.84. The number of hydrazine groups is 1. The molecule has 1 fully saturated rings. The molecule has 12 heteroatoms. The molecule has 1 aromatic heterocycles. The number of pyridine rings is 1. The number of nitrogens with zero attached hydrogens (tertiary/aromatic N) is 3. The zero-order valence-electron chi connectivity index (χ0n) is 22.4. The van der Waals surface area contributed by atoms with Crippen molar-refractivity contribution in [3.05, 3.63) is 76.8 Å². The number of nitrogens with one attached hydrogen (secondary N) is 2. The van der Waals surface area contributed by atoms with Gasteiger partial charge in [-0.2, -0.15) is 0 Å². The van der Waals surface area contributed by atoms with Crippen LogP contribution in [-0.4, -0.2) is 73.4 Å². The van der Waals surface area contributed by atoms with Crippen LogP contribution in [0.25, 0.3) is 0 Å². The van der Waals surface area contributed by atoms with Crippen LogP contribution in [0.4, 0.5) is 13.6 Å². The number of benzene rings is 1. The number of halogens is 2. The lowest BCUT2D eigenvalue weighted by molar-refractivity contribution is -0.141. The number of aromatic nitrogens is 1. The molecule has 40 heavy (non-hydrogen) atoms. The molecule has 1 unspecified atom stereocenters. The SMILES string of the molecule is COCC1=C(C(=O)OC)C(c2ccc(F)c(F)c2)N(N(C=O)CCNC2CCC(c3ccccn3)CC2)C(=O)N1. The molecular formula is C28H33F2N5O5. The molecule has 0 bridgehead atoms. The van der Waals surface area contributed by atoms with Crippen LogP contribution in [-0.2, 0) is 19.1 Å². The van der Waals surface area contributed by atoms with Gasteiger partial charge >= 0.3 is 12.0 Å². The van der Waals surface area contributed by atoms with Gasteiger partial charge in [-0.3, -0.25) is 14.8 Å². The summed E-state index contributed by atoms with van der Waals surface area (Å²) in [6.45, 7) is 0.271. The van der Waals surface area contributed by atoms with Crippen LogP contribution in [0.5, 0.6) is 0 Å². The summed E-state index contributed by atoms with van der Waals surface area (Å²) in [4.78, 5) is 42.9. The first-order chi connectivity index (χ1) is 19.4. The second-order valence-electron chi connectivity index (χ2n) is 9.69. The monoisotopic (exact) mass is 557 g/mol. The number of esters is 1. The van der Waals surface area contributed by atoms with E-state index in [2.05, 4.69) is 15.6 Å². The molecule has 2 aromatic rings. The van der Waals surface area contributed by atoms with Crippen LogP contribution < -0.4 is 10.6 Å². The van der Waals surface area contributed by atoms with Gasteiger partial charge in [0.2, 0.25) is 6.41 Å². The maximum atomic E-state index is 14.3. The Labute approximate surface area is 231 Å². The van der Waals surface area contributed by atoms with Gasteiger partial charge in [0.15, 0.2) is 11.6 Å². The Morgan fingerprint density at radius 3 is 2.58 bits per heavy atom. The maximum Gasteiger partial charge on any atom is 0.341 e.